The molecule has 24 heavy (non-hydrogen) atoms. The van der Waals surface area contributed by atoms with Gasteiger partial charge >= 0.3 is 0 Å². The number of amides is 1. The van der Waals surface area contributed by atoms with E-state index in [1.165, 1.54) is 19.4 Å². The number of carbonyl (C=O) groups is 2. The number of nitrogens with one attached hydrogen (secondary N) is 1. The van der Waals surface area contributed by atoms with Crippen LogP contribution >= 0.6 is 0 Å². The largest absolute Gasteiger partial charge is 0.329 e. The van der Waals surface area contributed by atoms with Gasteiger partial charge < -0.3 is 9.88 Å². The maximum Gasteiger partial charge on any atom is 0.222 e. The average molecular weight is 323 g/mol. The van der Waals surface area contributed by atoms with Crippen molar-refractivity contribution in [1.29, 1.82) is 0 Å². The molecule has 0 saturated carbocycles. The van der Waals surface area contributed by atoms with Crippen molar-refractivity contribution in [3.63, 3.8) is 0 Å². The number of fused-ring (bicyclic) bond motifs is 1. The van der Waals surface area contributed by atoms with Gasteiger partial charge in [-0.3, -0.25) is 9.59 Å². The Balaban J connectivity index is 2.08. The van der Waals surface area contributed by atoms with Crippen LogP contribution < -0.4 is 5.32 Å². The Kier molecular flexibility index (Phi) is 4.07. The summed E-state index contributed by atoms with van der Waals surface area (Å²) in [5.41, 5.74) is 1.69. The smallest absolute Gasteiger partial charge is 0.222 e. The summed E-state index contributed by atoms with van der Waals surface area (Å²) < 4.78 is 1.94. The number of rotatable bonds is 4. The van der Waals surface area contributed by atoms with Gasteiger partial charge in [0.05, 0.1) is 5.56 Å². The zero-order valence-electron chi connectivity index (χ0n) is 13.6. The normalized spacial score (nSPS) is 11.0. The highest BCUT2D eigenvalue weighted by Gasteiger charge is 2.19. The molecule has 0 aromatic carbocycles. The van der Waals surface area contributed by atoms with Crippen LogP contribution in [0.25, 0.3) is 11.0 Å². The molecule has 3 aromatic rings. The summed E-state index contributed by atoms with van der Waals surface area (Å²) >= 11 is 0. The van der Waals surface area contributed by atoms with E-state index in [0.717, 1.165) is 5.65 Å². The second kappa shape index (κ2) is 6.19. The third kappa shape index (κ3) is 2.88. The summed E-state index contributed by atoms with van der Waals surface area (Å²) in [6.45, 7) is 5.44. The van der Waals surface area contributed by atoms with Crippen LogP contribution in [0.1, 0.15) is 42.7 Å². The fourth-order valence-electron chi connectivity index (χ4n) is 2.54. The summed E-state index contributed by atoms with van der Waals surface area (Å²) in [4.78, 5) is 36.4. The van der Waals surface area contributed by atoms with E-state index in [-0.39, 0.29) is 17.7 Å². The van der Waals surface area contributed by atoms with Crippen LogP contribution in [0.2, 0.25) is 0 Å². The number of carbonyl (C=O) groups excluding carboxylic acids is 2. The van der Waals surface area contributed by atoms with Gasteiger partial charge in [0.25, 0.3) is 0 Å². The van der Waals surface area contributed by atoms with Gasteiger partial charge in [-0.2, -0.15) is 0 Å². The molecule has 3 aromatic heterocycles. The van der Waals surface area contributed by atoms with Crippen LogP contribution in [0, 0.1) is 0 Å². The monoisotopic (exact) mass is 323 g/mol. The predicted molar refractivity (Wildman–Crippen MR) is 89.9 cm³/mol. The van der Waals surface area contributed by atoms with Crippen molar-refractivity contribution in [1.82, 2.24) is 19.5 Å². The molecule has 0 radical (unpaired) electrons. The first-order valence-electron chi connectivity index (χ1n) is 7.56. The Hall–Kier alpha value is -3.09. The van der Waals surface area contributed by atoms with Crippen molar-refractivity contribution in [3.8, 4) is 0 Å². The molecule has 0 aliphatic carbocycles. The minimum atomic E-state index is -0.239. The summed E-state index contributed by atoms with van der Waals surface area (Å²) in [6.07, 6.45) is 6.41. The van der Waals surface area contributed by atoms with Crippen molar-refractivity contribution >= 4 is 28.5 Å². The van der Waals surface area contributed by atoms with Gasteiger partial charge in [-0.05, 0) is 26.0 Å². The standard InChI is InChI=1S/C17H17N5O2/c1-10(2)22-8-14(13-7-18-9-20-17(13)22)16(24)12-4-5-19-15(6-12)21-11(3)23/h4-10H,1-3H3,(H,19,21,23). The molecule has 0 spiro atoms. The maximum atomic E-state index is 12.9. The molecule has 0 fully saturated rings. The number of hydrogen-bond donors (Lipinski definition) is 1. The molecule has 1 amide bonds. The molecule has 0 saturated heterocycles. The number of ketones is 1. The molecule has 3 rings (SSSR count). The minimum absolute atomic E-state index is 0.163. The van der Waals surface area contributed by atoms with Crippen LogP contribution in [0.15, 0.2) is 37.1 Å². The predicted octanol–water partition coefficient (Wildman–Crippen LogP) is 2.60. The average Bonchev–Trinajstić information content (AvgIpc) is 2.93. The lowest BCUT2D eigenvalue weighted by Gasteiger charge is -2.07. The maximum absolute atomic E-state index is 12.9. The number of hydrogen-bond acceptors (Lipinski definition) is 5. The Morgan fingerprint density at radius 2 is 2.04 bits per heavy atom. The van der Waals surface area contributed by atoms with Gasteiger partial charge in [-0.1, -0.05) is 0 Å². The third-order valence-electron chi connectivity index (χ3n) is 3.62. The van der Waals surface area contributed by atoms with E-state index in [0.29, 0.717) is 22.3 Å². The van der Waals surface area contributed by atoms with E-state index in [2.05, 4.69) is 20.3 Å². The molecule has 0 unspecified atom stereocenters. The molecule has 7 nitrogen and oxygen atoms in total. The molecule has 0 bridgehead atoms. The first-order chi connectivity index (χ1) is 11.5. The molecule has 3 heterocycles. The first-order valence-corrected chi connectivity index (χ1v) is 7.56. The van der Waals surface area contributed by atoms with Crippen LogP contribution in [-0.4, -0.2) is 31.2 Å². The molecular formula is C17H17N5O2. The van der Waals surface area contributed by atoms with Gasteiger partial charge in [-0.25, -0.2) is 15.0 Å². The molecule has 7 heteroatoms. The van der Waals surface area contributed by atoms with E-state index < -0.39 is 0 Å². The number of anilines is 1. The Morgan fingerprint density at radius 3 is 2.75 bits per heavy atom. The van der Waals surface area contributed by atoms with E-state index in [4.69, 9.17) is 0 Å². The fraction of sp³-hybridized carbons (Fsp3) is 0.235. The lowest BCUT2D eigenvalue weighted by molar-refractivity contribution is -0.114. The van der Waals surface area contributed by atoms with Crippen molar-refractivity contribution in [3.05, 3.63) is 48.2 Å². The van der Waals surface area contributed by atoms with Crippen molar-refractivity contribution < 1.29 is 9.59 Å². The second-order valence-electron chi connectivity index (χ2n) is 5.74. The Bertz CT molecular complexity index is 930. The van der Waals surface area contributed by atoms with Crippen LogP contribution in [0.4, 0.5) is 5.82 Å². The fourth-order valence-corrected chi connectivity index (χ4v) is 2.54. The van der Waals surface area contributed by atoms with E-state index in [1.807, 2.05) is 18.4 Å². The SMILES string of the molecule is CC(=O)Nc1cc(C(=O)c2cn(C(C)C)c3ncncc23)ccn1. The number of pyridine rings is 1. The molecular weight excluding hydrogens is 306 g/mol. The van der Waals surface area contributed by atoms with Crippen molar-refractivity contribution in [2.24, 2.45) is 0 Å². The second-order valence-corrected chi connectivity index (χ2v) is 5.74. The lowest BCUT2D eigenvalue weighted by atomic mass is 10.1. The Labute approximate surface area is 138 Å². The zero-order valence-corrected chi connectivity index (χ0v) is 13.6. The Morgan fingerprint density at radius 1 is 1.25 bits per heavy atom. The van der Waals surface area contributed by atoms with Gasteiger partial charge in [0.2, 0.25) is 5.91 Å². The first kappa shape index (κ1) is 15.8. The highest BCUT2D eigenvalue weighted by Crippen LogP contribution is 2.25. The molecule has 0 aliphatic rings. The summed E-state index contributed by atoms with van der Waals surface area (Å²) in [5, 5.41) is 3.28. The number of nitrogens with zero attached hydrogens (tertiary/aromatic N) is 4. The number of aromatic nitrogens is 4. The molecule has 0 atom stereocenters. The van der Waals surface area contributed by atoms with Gasteiger partial charge in [-0.15, -0.1) is 0 Å². The summed E-state index contributed by atoms with van der Waals surface area (Å²) in [6, 6.07) is 3.35. The van der Waals surface area contributed by atoms with Crippen LogP contribution in [0.5, 0.6) is 0 Å². The van der Waals surface area contributed by atoms with Gasteiger partial charge in [0, 0.05) is 42.5 Å². The molecule has 122 valence electrons. The zero-order chi connectivity index (χ0) is 17.3. The van der Waals surface area contributed by atoms with E-state index in [1.54, 1.807) is 24.5 Å². The lowest BCUT2D eigenvalue weighted by Crippen LogP contribution is -2.09. The van der Waals surface area contributed by atoms with Crippen molar-refractivity contribution in [2.75, 3.05) is 5.32 Å². The summed E-state index contributed by atoms with van der Waals surface area (Å²) in [7, 11) is 0. The quantitative estimate of drug-likeness (QED) is 0.745. The highest BCUT2D eigenvalue weighted by molar-refractivity contribution is 6.16. The van der Waals surface area contributed by atoms with Crippen LogP contribution in [0.3, 0.4) is 0 Å². The van der Waals surface area contributed by atoms with Crippen LogP contribution in [-0.2, 0) is 4.79 Å². The summed E-state index contributed by atoms with van der Waals surface area (Å²) in [5.74, 6) is -0.0580. The highest BCUT2D eigenvalue weighted by atomic mass is 16.1. The van der Waals surface area contributed by atoms with E-state index >= 15 is 0 Å². The van der Waals surface area contributed by atoms with E-state index in [9.17, 15) is 9.59 Å². The molecule has 1 N–H and O–H groups in total. The van der Waals surface area contributed by atoms with Gasteiger partial charge in [0.15, 0.2) is 5.78 Å². The minimum Gasteiger partial charge on any atom is -0.329 e. The topological polar surface area (TPSA) is 89.8 Å². The van der Waals surface area contributed by atoms with Crippen molar-refractivity contribution in [2.45, 2.75) is 26.8 Å². The third-order valence-corrected chi connectivity index (χ3v) is 3.62. The van der Waals surface area contributed by atoms with Gasteiger partial charge in [0.1, 0.15) is 17.8 Å². The molecule has 0 aliphatic heterocycles.